The smallest absolute Gasteiger partial charge is 0.0158 e. The number of fused-ring (bicyclic) bond motifs is 3. The molecule has 0 bridgehead atoms. The van der Waals surface area contributed by atoms with Crippen LogP contribution in [0.25, 0.3) is 11.1 Å². The van der Waals surface area contributed by atoms with Crippen LogP contribution in [0.3, 0.4) is 0 Å². The predicted molar refractivity (Wildman–Crippen MR) is 80.1 cm³/mol. The van der Waals surface area contributed by atoms with Crippen molar-refractivity contribution in [2.45, 2.75) is 40.0 Å². The molecule has 0 radical (unpaired) electrons. The quantitative estimate of drug-likeness (QED) is 0.582. The average molecular weight is 238 g/mol. The molecule has 0 heteroatoms. The van der Waals surface area contributed by atoms with Crippen molar-refractivity contribution < 1.29 is 0 Å². The van der Waals surface area contributed by atoms with Crippen LogP contribution in [0.1, 0.15) is 44.4 Å². The molecule has 1 aliphatic rings. The van der Waals surface area contributed by atoms with Crippen molar-refractivity contribution in [2.75, 3.05) is 0 Å². The molecule has 0 spiro atoms. The van der Waals surface area contributed by atoms with Gasteiger partial charge in [0, 0.05) is 5.41 Å². The Morgan fingerprint density at radius 3 is 2.11 bits per heavy atom. The van der Waals surface area contributed by atoms with Gasteiger partial charge in [-0.2, -0.15) is 0 Å². The summed E-state index contributed by atoms with van der Waals surface area (Å²) in [5, 5.41) is 0. The third kappa shape index (κ3) is 1.68. The Morgan fingerprint density at radius 2 is 1.39 bits per heavy atom. The minimum atomic E-state index is 0.151. The van der Waals surface area contributed by atoms with Gasteiger partial charge < -0.3 is 0 Å². The maximum atomic E-state index is 2.32. The first-order chi connectivity index (χ1) is 8.62. The molecule has 3 rings (SSSR count). The second kappa shape index (κ2) is 4.61. The van der Waals surface area contributed by atoms with Crippen molar-refractivity contribution in [3.8, 4) is 11.1 Å². The molecule has 0 aliphatic heterocycles. The number of hydrogen-bond acceptors (Lipinski definition) is 0. The van der Waals surface area contributed by atoms with Gasteiger partial charge in [0.25, 0.3) is 0 Å². The molecule has 0 aromatic heterocycles. The van der Waals surface area contributed by atoms with Gasteiger partial charge in [-0.3, -0.25) is 0 Å². The fourth-order valence-corrected chi connectivity index (χ4v) is 2.94. The van der Waals surface area contributed by atoms with Crippen molar-refractivity contribution in [3.63, 3.8) is 0 Å². The first kappa shape index (κ1) is 12.9. The third-order valence-corrected chi connectivity index (χ3v) is 3.82. The molecule has 0 atom stereocenters. The fourth-order valence-electron chi connectivity index (χ4n) is 2.94. The summed E-state index contributed by atoms with van der Waals surface area (Å²) in [6.45, 7) is 10.8. The zero-order valence-electron chi connectivity index (χ0n) is 12.0. The normalized spacial score (nSPS) is 14.3. The van der Waals surface area contributed by atoms with E-state index in [0.29, 0.717) is 0 Å². The largest absolute Gasteiger partial charge is 0.0683 e. The number of aryl methyl sites for hydroxylation is 1. The molecule has 0 fully saturated rings. The van der Waals surface area contributed by atoms with Gasteiger partial charge in [-0.25, -0.2) is 0 Å². The summed E-state index contributed by atoms with van der Waals surface area (Å²) in [7, 11) is 0. The van der Waals surface area contributed by atoms with Crippen molar-refractivity contribution in [2.24, 2.45) is 0 Å². The summed E-state index contributed by atoms with van der Waals surface area (Å²) < 4.78 is 0. The summed E-state index contributed by atoms with van der Waals surface area (Å²) >= 11 is 0. The van der Waals surface area contributed by atoms with Crippen LogP contribution in [0.2, 0.25) is 0 Å². The summed E-state index contributed by atoms with van der Waals surface area (Å²) in [6.07, 6.45) is 0. The first-order valence-electron chi connectivity index (χ1n) is 6.82. The molecule has 0 saturated heterocycles. The van der Waals surface area contributed by atoms with E-state index in [1.54, 1.807) is 0 Å². The van der Waals surface area contributed by atoms with Gasteiger partial charge in [-0.15, -0.1) is 0 Å². The molecular weight excluding hydrogens is 216 g/mol. The number of benzene rings is 2. The number of rotatable bonds is 0. The van der Waals surface area contributed by atoms with Crippen LogP contribution in [0.5, 0.6) is 0 Å². The fraction of sp³-hybridized carbons (Fsp3) is 0.333. The van der Waals surface area contributed by atoms with E-state index in [9.17, 15) is 0 Å². The zero-order valence-corrected chi connectivity index (χ0v) is 12.0. The Kier molecular flexibility index (Phi) is 3.30. The standard InChI is InChI=1S/C16H16.C2H6/c1-11-7-6-10-14-15(11)12-8-4-5-9-13(12)16(14,2)3;1-2/h4-10H,1-3H3;1-2H3. The van der Waals surface area contributed by atoms with E-state index >= 15 is 0 Å². The lowest BCUT2D eigenvalue weighted by Gasteiger charge is -2.21. The van der Waals surface area contributed by atoms with Gasteiger partial charge in [0.05, 0.1) is 0 Å². The van der Waals surface area contributed by atoms with E-state index in [2.05, 4.69) is 63.2 Å². The molecule has 0 amide bonds. The van der Waals surface area contributed by atoms with Crippen molar-refractivity contribution in [1.29, 1.82) is 0 Å². The lowest BCUT2D eigenvalue weighted by molar-refractivity contribution is 0.660. The average Bonchev–Trinajstić information content (AvgIpc) is 2.63. The van der Waals surface area contributed by atoms with Gasteiger partial charge in [0.15, 0.2) is 0 Å². The van der Waals surface area contributed by atoms with Crippen LogP contribution < -0.4 is 0 Å². The Morgan fingerprint density at radius 1 is 0.778 bits per heavy atom. The van der Waals surface area contributed by atoms with Crippen LogP contribution in [-0.2, 0) is 5.41 Å². The third-order valence-electron chi connectivity index (χ3n) is 3.82. The highest BCUT2D eigenvalue weighted by Crippen LogP contribution is 2.49. The molecule has 0 saturated carbocycles. The highest BCUT2D eigenvalue weighted by molar-refractivity contribution is 5.82. The van der Waals surface area contributed by atoms with Crippen molar-refractivity contribution >= 4 is 0 Å². The molecule has 94 valence electrons. The van der Waals surface area contributed by atoms with E-state index in [0.717, 1.165) is 0 Å². The van der Waals surface area contributed by atoms with Gasteiger partial charge >= 0.3 is 0 Å². The lowest BCUT2D eigenvalue weighted by atomic mass is 9.82. The van der Waals surface area contributed by atoms with E-state index in [1.165, 1.54) is 27.8 Å². The zero-order chi connectivity index (χ0) is 13.3. The van der Waals surface area contributed by atoms with Crippen LogP contribution in [0.4, 0.5) is 0 Å². The van der Waals surface area contributed by atoms with E-state index in [-0.39, 0.29) is 5.41 Å². The summed E-state index contributed by atoms with van der Waals surface area (Å²) in [5.41, 5.74) is 7.32. The molecule has 2 aromatic rings. The monoisotopic (exact) mass is 238 g/mol. The van der Waals surface area contributed by atoms with Crippen LogP contribution >= 0.6 is 0 Å². The molecule has 0 nitrogen and oxygen atoms in total. The van der Waals surface area contributed by atoms with Gasteiger partial charge in [-0.1, -0.05) is 70.2 Å². The molecule has 2 aromatic carbocycles. The predicted octanol–water partition coefficient (Wildman–Crippen LogP) is 5.33. The van der Waals surface area contributed by atoms with Crippen molar-refractivity contribution in [1.82, 2.24) is 0 Å². The maximum absolute atomic E-state index is 2.32. The molecule has 18 heavy (non-hydrogen) atoms. The van der Waals surface area contributed by atoms with Crippen LogP contribution in [0, 0.1) is 6.92 Å². The van der Waals surface area contributed by atoms with Gasteiger partial charge in [0.2, 0.25) is 0 Å². The minimum Gasteiger partial charge on any atom is -0.0683 e. The Balaban J connectivity index is 0.000000574. The maximum Gasteiger partial charge on any atom is 0.0158 e. The molecular formula is C18H22. The topological polar surface area (TPSA) is 0 Å². The summed E-state index contributed by atoms with van der Waals surface area (Å²) in [5.74, 6) is 0. The number of hydrogen-bond donors (Lipinski definition) is 0. The van der Waals surface area contributed by atoms with Crippen molar-refractivity contribution in [3.05, 3.63) is 59.2 Å². The summed E-state index contributed by atoms with van der Waals surface area (Å²) in [4.78, 5) is 0. The highest BCUT2D eigenvalue weighted by Gasteiger charge is 2.35. The first-order valence-corrected chi connectivity index (χ1v) is 6.82. The SMILES string of the molecule is CC.Cc1cccc2c1-c1ccccc1C2(C)C. The minimum absolute atomic E-state index is 0.151. The lowest BCUT2D eigenvalue weighted by Crippen LogP contribution is -2.14. The summed E-state index contributed by atoms with van der Waals surface area (Å²) in [6, 6.07) is 15.4. The Bertz CT molecular complexity index is 562. The van der Waals surface area contributed by atoms with Crippen LogP contribution in [-0.4, -0.2) is 0 Å². The van der Waals surface area contributed by atoms with Gasteiger partial charge in [0.1, 0.15) is 0 Å². The molecule has 1 aliphatic carbocycles. The second-order valence-corrected chi connectivity index (χ2v) is 5.17. The van der Waals surface area contributed by atoms with Gasteiger partial charge in [-0.05, 0) is 34.7 Å². The Labute approximate surface area is 111 Å². The van der Waals surface area contributed by atoms with Crippen LogP contribution in [0.15, 0.2) is 42.5 Å². The molecule has 0 N–H and O–H groups in total. The Hall–Kier alpha value is -1.56. The highest BCUT2D eigenvalue weighted by atomic mass is 14.4. The molecule has 0 heterocycles. The van der Waals surface area contributed by atoms with E-state index in [1.807, 2.05) is 13.8 Å². The van der Waals surface area contributed by atoms with E-state index < -0.39 is 0 Å². The van der Waals surface area contributed by atoms with E-state index in [4.69, 9.17) is 0 Å². The second-order valence-electron chi connectivity index (χ2n) is 5.17. The molecule has 0 unspecified atom stereocenters.